The molecule has 1 saturated heterocycles. The molecule has 8 nitrogen and oxygen atoms in total. The Labute approximate surface area is 253 Å². The summed E-state index contributed by atoms with van der Waals surface area (Å²) in [4.78, 5) is 48.3. The molecule has 0 atom stereocenters. The van der Waals surface area contributed by atoms with Gasteiger partial charge in [0.1, 0.15) is 5.60 Å². The molecule has 1 aliphatic heterocycles. The van der Waals surface area contributed by atoms with Crippen LogP contribution in [0.3, 0.4) is 0 Å². The number of hydrogen-bond acceptors (Lipinski definition) is 5. The zero-order valence-corrected chi connectivity index (χ0v) is 25.8. The molecule has 0 spiro atoms. The van der Waals surface area contributed by atoms with E-state index in [0.717, 1.165) is 12.8 Å². The molecule has 222 valence electrons. The molecule has 0 radical (unpaired) electrons. The fourth-order valence-corrected chi connectivity index (χ4v) is 5.32. The zero-order chi connectivity index (χ0) is 30.4. The molecule has 3 amide bonds. The lowest BCUT2D eigenvalue weighted by atomic mass is 9.91. The maximum atomic E-state index is 14.1. The van der Waals surface area contributed by atoms with Gasteiger partial charge in [0.15, 0.2) is 0 Å². The number of nitrogens with one attached hydrogen (secondary N) is 1. The lowest BCUT2D eigenvalue weighted by Crippen LogP contribution is -2.51. The summed E-state index contributed by atoms with van der Waals surface area (Å²) in [5, 5.41) is 3.54. The molecule has 0 unspecified atom stereocenters. The summed E-state index contributed by atoms with van der Waals surface area (Å²) in [5.41, 5.74) is 3.58. The van der Waals surface area contributed by atoms with Gasteiger partial charge in [0.25, 0.3) is 11.8 Å². The third-order valence-electron chi connectivity index (χ3n) is 7.10. The van der Waals surface area contributed by atoms with Gasteiger partial charge in [-0.05, 0) is 70.7 Å². The van der Waals surface area contributed by atoms with Crippen LogP contribution in [0.5, 0.6) is 0 Å². The quantitative estimate of drug-likeness (QED) is 0.337. The number of amides is 3. The van der Waals surface area contributed by atoms with Gasteiger partial charge in [-0.1, -0.05) is 54.1 Å². The Morgan fingerprint density at radius 3 is 2.19 bits per heavy atom. The van der Waals surface area contributed by atoms with Gasteiger partial charge in [-0.25, -0.2) is 4.79 Å². The van der Waals surface area contributed by atoms with Gasteiger partial charge >= 0.3 is 6.09 Å². The number of ether oxygens (including phenoxy) is 1. The zero-order valence-electron chi connectivity index (χ0n) is 25.0. The minimum atomic E-state index is -0.598. The summed E-state index contributed by atoms with van der Waals surface area (Å²) in [7, 11) is 0. The Morgan fingerprint density at radius 1 is 0.905 bits per heavy atom. The predicted molar refractivity (Wildman–Crippen MR) is 165 cm³/mol. The molecule has 2 heterocycles. The van der Waals surface area contributed by atoms with Crippen LogP contribution >= 0.6 is 11.6 Å². The molecule has 1 aliphatic rings. The van der Waals surface area contributed by atoms with Crippen molar-refractivity contribution >= 4 is 29.5 Å². The van der Waals surface area contributed by atoms with E-state index in [-0.39, 0.29) is 11.8 Å². The highest BCUT2D eigenvalue weighted by atomic mass is 35.5. The average Bonchev–Trinajstić information content (AvgIpc) is 2.94. The second kappa shape index (κ2) is 13.4. The number of hydrogen-bond donors (Lipinski definition) is 1. The van der Waals surface area contributed by atoms with Crippen molar-refractivity contribution < 1.29 is 19.1 Å². The van der Waals surface area contributed by atoms with Crippen LogP contribution in [0.1, 0.15) is 64.9 Å². The predicted octanol–water partition coefficient (Wildman–Crippen LogP) is 6.07. The number of carbonyl (C=O) groups excluding carboxylic acids is 3. The van der Waals surface area contributed by atoms with Crippen LogP contribution < -0.4 is 5.32 Å². The Hall–Kier alpha value is -3.91. The van der Waals surface area contributed by atoms with Crippen molar-refractivity contribution in [2.24, 2.45) is 0 Å². The van der Waals surface area contributed by atoms with E-state index in [2.05, 4.69) is 22.4 Å². The largest absolute Gasteiger partial charge is 0.444 e. The molecule has 2 aromatic carbocycles. The fraction of sp³-hybridized carbons (Fsp3) is 0.394. The molecule has 1 fully saturated rings. The minimum Gasteiger partial charge on any atom is -0.444 e. The van der Waals surface area contributed by atoms with Crippen molar-refractivity contribution in [2.75, 3.05) is 32.7 Å². The number of carbonyl (C=O) groups is 3. The van der Waals surface area contributed by atoms with E-state index in [0.29, 0.717) is 71.4 Å². The van der Waals surface area contributed by atoms with Crippen molar-refractivity contribution in [3.8, 4) is 11.1 Å². The molecule has 42 heavy (non-hydrogen) atoms. The molecule has 0 aliphatic carbocycles. The number of benzene rings is 2. The van der Waals surface area contributed by atoms with Crippen LogP contribution in [-0.2, 0) is 11.2 Å². The van der Waals surface area contributed by atoms with Gasteiger partial charge in [-0.3, -0.25) is 14.6 Å². The summed E-state index contributed by atoms with van der Waals surface area (Å²) < 4.78 is 5.50. The molecular formula is C33H39ClN4O4. The Morgan fingerprint density at radius 2 is 1.55 bits per heavy atom. The van der Waals surface area contributed by atoms with E-state index < -0.39 is 11.7 Å². The van der Waals surface area contributed by atoms with Gasteiger partial charge in [0.2, 0.25) is 0 Å². The normalized spacial score (nSPS) is 13.6. The number of rotatable bonds is 7. The highest BCUT2D eigenvalue weighted by Gasteiger charge is 2.32. The second-order valence-electron chi connectivity index (χ2n) is 11.5. The molecule has 1 aromatic heterocycles. The van der Waals surface area contributed by atoms with Gasteiger partial charge < -0.3 is 19.9 Å². The number of pyridine rings is 1. The molecule has 3 aromatic rings. The molecule has 9 heteroatoms. The summed E-state index contributed by atoms with van der Waals surface area (Å²) in [6, 6.07) is 17.3. The third kappa shape index (κ3) is 7.68. The first-order chi connectivity index (χ1) is 19.9. The molecule has 0 saturated carbocycles. The smallest absolute Gasteiger partial charge is 0.410 e. The van der Waals surface area contributed by atoms with Gasteiger partial charge in [-0.2, -0.15) is 0 Å². The second-order valence-corrected chi connectivity index (χ2v) is 12.0. The van der Waals surface area contributed by atoms with E-state index in [1.165, 1.54) is 5.56 Å². The van der Waals surface area contributed by atoms with Crippen LogP contribution in [0.4, 0.5) is 4.79 Å². The Bertz CT molecular complexity index is 1440. The minimum absolute atomic E-state index is 0.239. The lowest BCUT2D eigenvalue weighted by molar-refractivity contribution is 0.0140. The topological polar surface area (TPSA) is 91.8 Å². The number of piperazine rings is 1. The maximum absolute atomic E-state index is 14.1. The standard InChI is InChI=1S/C33H39ClN4O4/c1-22-27(30(39)35-16-10-13-24-11-7-6-8-12-24)29(25-14-9-15-26(34)21-25)28(23(2)36-22)31(40)37-17-19-38(20-18-37)32(41)42-33(3,4)5/h6-9,11-12,14-15,21H,10,13,16-20H2,1-5H3,(H,35,39). The van der Waals surface area contributed by atoms with Crippen LogP contribution in [-0.4, -0.2) is 71.0 Å². The van der Waals surface area contributed by atoms with Gasteiger partial charge in [0, 0.05) is 43.3 Å². The first-order valence-corrected chi connectivity index (χ1v) is 14.7. The maximum Gasteiger partial charge on any atom is 0.410 e. The highest BCUT2D eigenvalue weighted by Crippen LogP contribution is 2.34. The van der Waals surface area contributed by atoms with E-state index in [9.17, 15) is 14.4 Å². The fourth-order valence-electron chi connectivity index (χ4n) is 5.13. The average molecular weight is 591 g/mol. The number of halogens is 1. The number of aryl methyl sites for hydroxylation is 3. The van der Waals surface area contributed by atoms with E-state index >= 15 is 0 Å². The molecule has 0 bridgehead atoms. The Balaban J connectivity index is 1.61. The molecule has 1 N–H and O–H groups in total. The Kier molecular flexibility index (Phi) is 9.89. The highest BCUT2D eigenvalue weighted by molar-refractivity contribution is 6.31. The summed E-state index contributed by atoms with van der Waals surface area (Å²) in [6.45, 7) is 10.9. The van der Waals surface area contributed by atoms with Crippen molar-refractivity contribution in [1.82, 2.24) is 20.1 Å². The SMILES string of the molecule is Cc1nc(C)c(C(=O)N2CCN(C(=O)OC(C)(C)C)CC2)c(-c2cccc(Cl)c2)c1C(=O)NCCCc1ccccc1. The molecular weight excluding hydrogens is 552 g/mol. The van der Waals surface area contributed by atoms with Gasteiger partial charge in [0.05, 0.1) is 22.5 Å². The van der Waals surface area contributed by atoms with Crippen molar-refractivity contribution in [1.29, 1.82) is 0 Å². The lowest BCUT2D eigenvalue weighted by Gasteiger charge is -2.36. The molecule has 4 rings (SSSR count). The van der Waals surface area contributed by atoms with Gasteiger partial charge in [-0.15, -0.1) is 0 Å². The summed E-state index contributed by atoms with van der Waals surface area (Å²) in [6.07, 6.45) is 1.22. The first kappa shape index (κ1) is 31.0. The van der Waals surface area contributed by atoms with Crippen LogP contribution in [0, 0.1) is 13.8 Å². The number of aromatic nitrogens is 1. The third-order valence-corrected chi connectivity index (χ3v) is 7.34. The van der Waals surface area contributed by atoms with Crippen LogP contribution in [0.2, 0.25) is 5.02 Å². The van der Waals surface area contributed by atoms with Crippen molar-refractivity contribution in [3.63, 3.8) is 0 Å². The van der Waals surface area contributed by atoms with E-state index in [1.54, 1.807) is 41.8 Å². The summed E-state index contributed by atoms with van der Waals surface area (Å²) >= 11 is 6.38. The number of nitrogens with zero attached hydrogens (tertiary/aromatic N) is 3. The monoisotopic (exact) mass is 590 g/mol. The van der Waals surface area contributed by atoms with Crippen LogP contribution in [0.15, 0.2) is 54.6 Å². The summed E-state index contributed by atoms with van der Waals surface area (Å²) in [5.74, 6) is -0.524. The van der Waals surface area contributed by atoms with Crippen molar-refractivity contribution in [2.45, 2.75) is 53.1 Å². The first-order valence-electron chi connectivity index (χ1n) is 14.3. The van der Waals surface area contributed by atoms with Crippen LogP contribution in [0.25, 0.3) is 11.1 Å². The van der Waals surface area contributed by atoms with E-state index in [1.807, 2.05) is 45.0 Å². The van der Waals surface area contributed by atoms with Crippen molar-refractivity contribution in [3.05, 3.63) is 87.7 Å². The van der Waals surface area contributed by atoms with E-state index in [4.69, 9.17) is 16.3 Å².